The monoisotopic (exact) mass is 434 g/mol. The van der Waals surface area contributed by atoms with Gasteiger partial charge < -0.3 is 5.11 Å². The minimum absolute atomic E-state index is 0.161. The Labute approximate surface area is 182 Å². The summed E-state index contributed by atoms with van der Waals surface area (Å²) in [6, 6.07) is 0. The molecular weight excluding hydrogens is 384 g/mol. The Morgan fingerprint density at radius 1 is 0.586 bits per heavy atom. The first-order valence-electron chi connectivity index (χ1n) is 12.5. The third-order valence-electron chi connectivity index (χ3n) is 5.95. The number of hydrogen-bond donors (Lipinski definition) is 2. The van der Waals surface area contributed by atoms with Gasteiger partial charge in [0.15, 0.2) is 0 Å². The van der Waals surface area contributed by atoms with Crippen LogP contribution in [0.4, 0.5) is 0 Å². The second kappa shape index (κ2) is 19.8. The van der Waals surface area contributed by atoms with Crippen molar-refractivity contribution in [2.75, 3.05) is 0 Å². The molecule has 0 aliphatic heterocycles. The van der Waals surface area contributed by atoms with Gasteiger partial charge >= 0.3 is 0 Å². The number of unbranched alkanes of at least 4 members (excludes halogenated alkanes) is 15. The number of aliphatic hydroxyl groups is 1. The maximum Gasteiger partial charge on any atom is 0.267 e. The number of aliphatic hydroxyl groups excluding tert-OH is 1. The molecule has 0 fully saturated rings. The lowest BCUT2D eigenvalue weighted by Crippen LogP contribution is -2.20. The molecule has 0 heterocycles. The molecule has 5 heteroatoms. The minimum atomic E-state index is -3.90. The summed E-state index contributed by atoms with van der Waals surface area (Å²) in [7, 11) is -3.90. The predicted octanol–water partition coefficient (Wildman–Crippen LogP) is 7.45. The Balaban J connectivity index is 3.60. The summed E-state index contributed by atoms with van der Waals surface area (Å²) in [6.07, 6.45) is 22.0. The highest BCUT2D eigenvalue weighted by Crippen LogP contribution is 2.19. The van der Waals surface area contributed by atoms with Crippen molar-refractivity contribution in [3.05, 3.63) is 0 Å². The van der Waals surface area contributed by atoms with Gasteiger partial charge in [0.05, 0.1) is 11.4 Å². The molecule has 29 heavy (non-hydrogen) atoms. The molecule has 0 amide bonds. The molecule has 0 aliphatic carbocycles. The van der Waals surface area contributed by atoms with E-state index in [1.54, 1.807) is 0 Å². The molecule has 176 valence electrons. The normalized spacial score (nSPS) is 14.2. The maximum atomic E-state index is 11.6. The molecule has 4 nitrogen and oxygen atoms in total. The van der Waals surface area contributed by atoms with E-state index in [9.17, 15) is 18.1 Å². The zero-order valence-electron chi connectivity index (χ0n) is 19.4. The van der Waals surface area contributed by atoms with E-state index < -0.39 is 15.4 Å². The average Bonchev–Trinajstić information content (AvgIpc) is 2.65. The van der Waals surface area contributed by atoms with Crippen molar-refractivity contribution in [1.82, 2.24) is 0 Å². The Hall–Kier alpha value is -0.130. The first-order chi connectivity index (χ1) is 13.9. The van der Waals surface area contributed by atoms with Crippen LogP contribution in [0.2, 0.25) is 0 Å². The molecule has 0 aliphatic rings. The van der Waals surface area contributed by atoms with Crippen LogP contribution in [0.1, 0.15) is 142 Å². The lowest BCUT2D eigenvalue weighted by molar-refractivity contribution is 0.180. The van der Waals surface area contributed by atoms with E-state index in [0.717, 1.165) is 44.9 Å². The third-order valence-corrected chi connectivity index (χ3v) is 7.26. The van der Waals surface area contributed by atoms with Crippen LogP contribution < -0.4 is 0 Å². The lowest BCUT2D eigenvalue weighted by atomic mass is 10.0. The molecule has 2 unspecified atom stereocenters. The van der Waals surface area contributed by atoms with Gasteiger partial charge in [-0.15, -0.1) is 0 Å². The second-order valence-corrected chi connectivity index (χ2v) is 10.7. The molecule has 0 saturated carbocycles. The standard InChI is InChI=1S/C24H50O4S/c1-3-4-5-6-11-15-18-21-24(29(26,27)28)22-19-16-13-10-8-7-9-12-14-17-20-23(2)25/h23-25H,3-22H2,1-2H3,(H,26,27,28). The van der Waals surface area contributed by atoms with Crippen molar-refractivity contribution >= 4 is 10.1 Å². The first kappa shape index (κ1) is 28.9. The van der Waals surface area contributed by atoms with Gasteiger partial charge in [-0.2, -0.15) is 8.42 Å². The van der Waals surface area contributed by atoms with Gasteiger partial charge in [0.1, 0.15) is 0 Å². The lowest BCUT2D eigenvalue weighted by Gasteiger charge is -2.13. The summed E-state index contributed by atoms with van der Waals surface area (Å²) < 4.78 is 32.8. The maximum absolute atomic E-state index is 11.6. The molecule has 0 aromatic rings. The SMILES string of the molecule is CCCCCCCCCC(CCCCCCCCCCCCC(C)O)S(=O)(=O)O. The van der Waals surface area contributed by atoms with E-state index in [4.69, 9.17) is 0 Å². The van der Waals surface area contributed by atoms with E-state index in [2.05, 4.69) is 6.92 Å². The zero-order chi connectivity index (χ0) is 21.8. The topological polar surface area (TPSA) is 74.6 Å². The van der Waals surface area contributed by atoms with Crippen molar-refractivity contribution < 1.29 is 18.1 Å². The quantitative estimate of drug-likeness (QED) is 0.137. The van der Waals surface area contributed by atoms with Gasteiger partial charge in [0.25, 0.3) is 10.1 Å². The molecule has 2 N–H and O–H groups in total. The Kier molecular flexibility index (Phi) is 19.7. The van der Waals surface area contributed by atoms with E-state index >= 15 is 0 Å². The molecule has 0 bridgehead atoms. The van der Waals surface area contributed by atoms with Crippen LogP contribution in [0.25, 0.3) is 0 Å². The average molecular weight is 435 g/mol. The fourth-order valence-corrected chi connectivity index (χ4v) is 4.93. The summed E-state index contributed by atoms with van der Waals surface area (Å²) in [5, 5.41) is 8.66. The van der Waals surface area contributed by atoms with Crippen molar-refractivity contribution in [1.29, 1.82) is 0 Å². The molecule has 0 aromatic carbocycles. The highest BCUT2D eigenvalue weighted by atomic mass is 32.2. The van der Waals surface area contributed by atoms with Crippen LogP contribution in [0.5, 0.6) is 0 Å². The molecule has 2 atom stereocenters. The van der Waals surface area contributed by atoms with Crippen LogP contribution in [0.15, 0.2) is 0 Å². The largest absolute Gasteiger partial charge is 0.393 e. The van der Waals surface area contributed by atoms with Crippen LogP contribution in [0, 0.1) is 0 Å². The summed E-state index contributed by atoms with van der Waals surface area (Å²) in [6.45, 7) is 4.06. The van der Waals surface area contributed by atoms with Crippen molar-refractivity contribution in [2.24, 2.45) is 0 Å². The summed E-state index contributed by atoms with van der Waals surface area (Å²) in [5.74, 6) is 0. The van der Waals surface area contributed by atoms with Gasteiger partial charge in [-0.1, -0.05) is 116 Å². The summed E-state index contributed by atoms with van der Waals surface area (Å²) >= 11 is 0. The summed E-state index contributed by atoms with van der Waals surface area (Å²) in [5.41, 5.74) is 0. The molecule has 0 rings (SSSR count). The summed E-state index contributed by atoms with van der Waals surface area (Å²) in [4.78, 5) is 0. The van der Waals surface area contributed by atoms with Gasteiger partial charge in [-0.25, -0.2) is 0 Å². The fourth-order valence-electron chi connectivity index (χ4n) is 4.00. The smallest absolute Gasteiger partial charge is 0.267 e. The first-order valence-corrected chi connectivity index (χ1v) is 14.0. The van der Waals surface area contributed by atoms with Crippen LogP contribution >= 0.6 is 0 Å². The molecular formula is C24H50O4S. The molecule has 0 saturated heterocycles. The Morgan fingerprint density at radius 3 is 1.21 bits per heavy atom. The highest BCUT2D eigenvalue weighted by molar-refractivity contribution is 7.86. The highest BCUT2D eigenvalue weighted by Gasteiger charge is 2.21. The minimum Gasteiger partial charge on any atom is -0.393 e. The second-order valence-electron chi connectivity index (χ2n) is 9.01. The number of rotatable bonds is 22. The van der Waals surface area contributed by atoms with Crippen molar-refractivity contribution in [2.45, 2.75) is 154 Å². The van der Waals surface area contributed by atoms with Crippen LogP contribution in [-0.2, 0) is 10.1 Å². The Morgan fingerprint density at radius 2 is 0.897 bits per heavy atom. The Bertz CT molecular complexity index is 434. The van der Waals surface area contributed by atoms with Crippen molar-refractivity contribution in [3.8, 4) is 0 Å². The van der Waals surface area contributed by atoms with E-state index in [1.807, 2.05) is 6.92 Å². The van der Waals surface area contributed by atoms with Crippen LogP contribution in [0.3, 0.4) is 0 Å². The predicted molar refractivity (Wildman–Crippen MR) is 125 cm³/mol. The fraction of sp³-hybridized carbons (Fsp3) is 1.00. The van der Waals surface area contributed by atoms with Gasteiger partial charge in [-0.05, 0) is 26.2 Å². The van der Waals surface area contributed by atoms with E-state index in [1.165, 1.54) is 70.6 Å². The molecule has 0 aromatic heterocycles. The molecule has 0 radical (unpaired) electrons. The molecule has 0 spiro atoms. The van der Waals surface area contributed by atoms with E-state index in [-0.39, 0.29) is 6.10 Å². The zero-order valence-corrected chi connectivity index (χ0v) is 20.2. The van der Waals surface area contributed by atoms with E-state index in [0.29, 0.717) is 12.8 Å². The van der Waals surface area contributed by atoms with Gasteiger partial charge in [0.2, 0.25) is 0 Å². The van der Waals surface area contributed by atoms with Gasteiger partial charge in [0, 0.05) is 0 Å². The van der Waals surface area contributed by atoms with Crippen molar-refractivity contribution in [3.63, 3.8) is 0 Å². The van der Waals surface area contributed by atoms with Gasteiger partial charge in [-0.3, -0.25) is 4.55 Å². The number of hydrogen-bond acceptors (Lipinski definition) is 3. The van der Waals surface area contributed by atoms with Crippen LogP contribution in [-0.4, -0.2) is 29.4 Å². The third kappa shape index (κ3) is 20.9.